The Balaban J connectivity index is -0.000000821. The maximum absolute atomic E-state index is 10.6. The molecule has 0 aliphatic rings. The number of carbonyl (C=O) groups excluding carboxylic acids is 1. The lowest BCUT2D eigenvalue weighted by Crippen LogP contribution is -2.33. The summed E-state index contributed by atoms with van der Waals surface area (Å²) in [6, 6.07) is 19.6. The van der Waals surface area contributed by atoms with E-state index in [1.165, 1.54) is 32.2 Å². The molecular formula is C55H92B2BrF3O9. The molecule has 0 spiro atoms. The average molecular weight is 1060 g/mol. The van der Waals surface area contributed by atoms with Crippen LogP contribution in [0.2, 0.25) is 6.82 Å². The van der Waals surface area contributed by atoms with Crippen LogP contribution in [-0.4, -0.2) is 81.0 Å². The molecule has 3 N–H and O–H groups in total. The van der Waals surface area contributed by atoms with E-state index in [0.717, 1.165) is 17.7 Å². The number of hydrogen-bond donors (Lipinski definition) is 3. The minimum atomic E-state index is -5.08. The van der Waals surface area contributed by atoms with Gasteiger partial charge in [0.05, 0.1) is 0 Å². The number of ether oxygens (including phenoxy) is 3. The first-order valence-electron chi connectivity index (χ1n) is 24.0. The van der Waals surface area contributed by atoms with Crippen LogP contribution < -0.4 is 10.9 Å². The van der Waals surface area contributed by atoms with E-state index in [-0.39, 0.29) is 39.4 Å². The Hall–Kier alpha value is -3.04. The third-order valence-electron chi connectivity index (χ3n) is 10.3. The molecule has 70 heavy (non-hydrogen) atoms. The first-order chi connectivity index (χ1) is 31.5. The Bertz CT molecular complexity index is 1840. The zero-order valence-electron chi connectivity index (χ0n) is 47.3. The monoisotopic (exact) mass is 1050 g/mol. The molecule has 0 heterocycles. The lowest BCUT2D eigenvalue weighted by atomic mass is 9.61. The molecule has 0 aliphatic carbocycles. The van der Waals surface area contributed by atoms with Crippen molar-refractivity contribution >= 4 is 53.6 Å². The number of carboxylic acid groups (broad SMARTS) is 1. The van der Waals surface area contributed by atoms with Crippen LogP contribution in [-0.2, 0) is 60.9 Å². The van der Waals surface area contributed by atoms with Crippen molar-refractivity contribution in [1.29, 1.82) is 0 Å². The van der Waals surface area contributed by atoms with Gasteiger partial charge in [-0.1, -0.05) is 190 Å². The SMILES string of the molecule is C=O.CC(C)(C)c1cc(B(O)O)cc(C(C)(C)C)c1.CC(C)(C)c1cc(Br)cc(C(C)(C)C)c1.CCOB(C)c1cc(C(C)(C)C)cc(C(C)(C)C)c1.CCOC(OCC)OCC.O=C(O)C(F)(F)F. The Kier molecular flexibility index (Phi) is 31.4. The third kappa shape index (κ3) is 29.5. The second-order valence-electron chi connectivity index (χ2n) is 22.8. The number of benzene rings is 3. The van der Waals surface area contributed by atoms with Gasteiger partial charge < -0.3 is 38.8 Å². The van der Waals surface area contributed by atoms with Gasteiger partial charge in [-0.2, -0.15) is 13.2 Å². The summed E-state index contributed by atoms with van der Waals surface area (Å²) in [4.78, 5) is 16.9. The fourth-order valence-electron chi connectivity index (χ4n) is 5.77. The van der Waals surface area contributed by atoms with Crippen molar-refractivity contribution in [2.45, 2.75) is 204 Å². The van der Waals surface area contributed by atoms with Crippen molar-refractivity contribution in [3.63, 3.8) is 0 Å². The highest BCUT2D eigenvalue weighted by Crippen LogP contribution is 2.33. The van der Waals surface area contributed by atoms with E-state index in [2.05, 4.69) is 197 Å². The normalized spacial score (nSPS) is 12.0. The summed E-state index contributed by atoms with van der Waals surface area (Å²) in [5.41, 5.74) is 10.5. The van der Waals surface area contributed by atoms with Crippen LogP contribution in [0.1, 0.15) is 186 Å². The zero-order chi connectivity index (χ0) is 56.0. The number of aliphatic carboxylic acids is 1. The van der Waals surface area contributed by atoms with E-state index >= 15 is 0 Å². The van der Waals surface area contributed by atoms with E-state index in [9.17, 15) is 23.2 Å². The fraction of sp³-hybridized carbons (Fsp3) is 0.636. The van der Waals surface area contributed by atoms with Gasteiger partial charge >= 0.3 is 26.2 Å². The number of carbonyl (C=O) groups is 2. The predicted octanol–water partition coefficient (Wildman–Crippen LogP) is 13.0. The lowest BCUT2D eigenvalue weighted by molar-refractivity contribution is -0.282. The highest BCUT2D eigenvalue weighted by atomic mass is 79.9. The highest BCUT2D eigenvalue weighted by molar-refractivity contribution is 9.10. The molecular weight excluding hydrogens is 963 g/mol. The summed E-state index contributed by atoms with van der Waals surface area (Å²) >= 11 is 3.60. The molecule has 3 rings (SSSR count). The molecule has 0 saturated heterocycles. The zero-order valence-corrected chi connectivity index (χ0v) is 48.9. The Morgan fingerprint density at radius 2 is 0.743 bits per heavy atom. The first-order valence-corrected chi connectivity index (χ1v) is 24.8. The van der Waals surface area contributed by atoms with Crippen molar-refractivity contribution in [3.05, 3.63) is 92.5 Å². The molecule has 0 aliphatic heterocycles. The van der Waals surface area contributed by atoms with Gasteiger partial charge in [-0.25, -0.2) is 4.79 Å². The van der Waals surface area contributed by atoms with Crippen LogP contribution in [0.3, 0.4) is 0 Å². The van der Waals surface area contributed by atoms with Gasteiger partial charge in [-0.3, -0.25) is 0 Å². The van der Waals surface area contributed by atoms with Gasteiger partial charge in [0.15, 0.2) is 0 Å². The maximum atomic E-state index is 10.6. The fourth-order valence-corrected chi connectivity index (χ4v) is 6.27. The van der Waals surface area contributed by atoms with Gasteiger partial charge in [-0.05, 0) is 117 Å². The van der Waals surface area contributed by atoms with Crippen molar-refractivity contribution in [1.82, 2.24) is 0 Å². The summed E-state index contributed by atoms with van der Waals surface area (Å²) in [6.07, 6.45) is -5.08. The van der Waals surface area contributed by atoms with Gasteiger partial charge in [0.1, 0.15) is 6.79 Å². The van der Waals surface area contributed by atoms with Crippen LogP contribution >= 0.6 is 15.9 Å². The van der Waals surface area contributed by atoms with E-state index in [1.54, 1.807) is 0 Å². The smallest absolute Gasteiger partial charge is 0.475 e. The number of hydrogen-bond acceptors (Lipinski definition) is 8. The largest absolute Gasteiger partial charge is 0.490 e. The van der Waals surface area contributed by atoms with E-state index in [4.69, 9.17) is 33.6 Å². The van der Waals surface area contributed by atoms with Crippen LogP contribution in [0.5, 0.6) is 0 Å². The van der Waals surface area contributed by atoms with Crippen LogP contribution in [0.15, 0.2) is 59.1 Å². The lowest BCUT2D eigenvalue weighted by Gasteiger charge is -2.27. The van der Waals surface area contributed by atoms with Crippen molar-refractivity contribution in [2.75, 3.05) is 26.4 Å². The number of carboxylic acids is 1. The molecule has 0 bridgehead atoms. The molecule has 0 aromatic heterocycles. The average Bonchev–Trinajstić information content (AvgIpc) is 3.20. The Labute approximate surface area is 431 Å². The predicted molar refractivity (Wildman–Crippen MR) is 291 cm³/mol. The molecule has 0 atom stereocenters. The number of rotatable bonds is 10. The molecule has 0 radical (unpaired) electrons. The van der Waals surface area contributed by atoms with E-state index in [1.807, 2.05) is 39.7 Å². The van der Waals surface area contributed by atoms with E-state index in [0.29, 0.717) is 25.3 Å². The van der Waals surface area contributed by atoms with Gasteiger partial charge in [0.2, 0.25) is 0 Å². The quantitative estimate of drug-likeness (QED) is 0.134. The molecule has 0 fully saturated rings. The number of halogens is 4. The molecule has 0 unspecified atom stereocenters. The second kappa shape index (κ2) is 30.9. The molecule has 3 aromatic rings. The molecule has 15 heteroatoms. The van der Waals surface area contributed by atoms with Crippen LogP contribution in [0, 0.1) is 0 Å². The molecule has 3 aromatic carbocycles. The standard InChI is InChI=1S/C17H29BO.C14H23BO2.C14H21Br.C7H16O3.C2HF3O2.CH2O/c1-9-19-18(8)15-11-13(16(2,3)4)10-14(12-15)17(5,6)7;1-13(2,3)10-7-11(14(4,5)6)9-12(8-10)15(16)17;1-13(2,3)10-7-11(14(4,5)6)9-12(15)8-10;1-4-8-7(9-5-2)10-6-3;3-2(4,5)1(6)7;1-2/h10-12H,9H2,1-8H3;7-9,16-17H,1-6H3;7-9H,1-6H3;7H,4-6H2,1-3H3;(H,6,7);1H2. The highest BCUT2D eigenvalue weighted by Gasteiger charge is 2.38. The number of alkyl halides is 3. The van der Waals surface area contributed by atoms with Crippen molar-refractivity contribution in [2.24, 2.45) is 0 Å². The van der Waals surface area contributed by atoms with Gasteiger partial charge in [-0.15, -0.1) is 0 Å². The Morgan fingerprint density at radius 1 is 0.514 bits per heavy atom. The second-order valence-corrected chi connectivity index (χ2v) is 23.8. The molecule has 9 nitrogen and oxygen atoms in total. The summed E-state index contributed by atoms with van der Waals surface area (Å²) in [5.74, 6) is -2.76. The minimum Gasteiger partial charge on any atom is -0.475 e. The van der Waals surface area contributed by atoms with Crippen LogP contribution in [0.25, 0.3) is 0 Å². The van der Waals surface area contributed by atoms with Gasteiger partial charge in [0, 0.05) is 30.9 Å². The summed E-state index contributed by atoms with van der Waals surface area (Å²) in [5, 5.41) is 25.8. The molecule has 0 amide bonds. The third-order valence-corrected chi connectivity index (χ3v) is 10.8. The molecule has 400 valence electrons. The summed E-state index contributed by atoms with van der Waals surface area (Å²) in [6.45, 7) is 54.1. The van der Waals surface area contributed by atoms with Crippen LogP contribution in [0.4, 0.5) is 13.2 Å². The van der Waals surface area contributed by atoms with E-state index < -0.39 is 25.7 Å². The van der Waals surface area contributed by atoms with Gasteiger partial charge in [0.25, 0.3) is 6.48 Å². The summed E-state index contributed by atoms with van der Waals surface area (Å²) in [7, 11) is -1.40. The minimum absolute atomic E-state index is 0.00486. The molecule has 0 saturated carbocycles. The Morgan fingerprint density at radius 3 is 0.929 bits per heavy atom. The summed E-state index contributed by atoms with van der Waals surface area (Å²) < 4.78 is 53.9. The first kappa shape index (κ1) is 71.2. The maximum Gasteiger partial charge on any atom is 0.490 e. The van der Waals surface area contributed by atoms with Crippen molar-refractivity contribution < 1.29 is 56.8 Å². The van der Waals surface area contributed by atoms with Crippen molar-refractivity contribution in [3.8, 4) is 0 Å². The topological polar surface area (TPSA) is 132 Å².